The Morgan fingerprint density at radius 2 is 1.81 bits per heavy atom. The summed E-state index contributed by atoms with van der Waals surface area (Å²) in [5.74, 6) is 3.35. The number of aromatic amines is 1. The lowest BCUT2D eigenvalue weighted by atomic mass is 9.99. The van der Waals surface area contributed by atoms with E-state index in [2.05, 4.69) is 15.5 Å². The first-order valence-electron chi connectivity index (χ1n) is 6.56. The minimum Gasteiger partial charge on any atom is -0.316 e. The van der Waals surface area contributed by atoms with E-state index in [4.69, 9.17) is 4.98 Å². The van der Waals surface area contributed by atoms with Crippen LogP contribution in [0.2, 0.25) is 0 Å². The molecule has 2 aliphatic rings. The van der Waals surface area contributed by atoms with E-state index in [0.717, 1.165) is 24.7 Å². The van der Waals surface area contributed by atoms with Crippen molar-refractivity contribution >= 4 is 0 Å². The van der Waals surface area contributed by atoms with E-state index in [1.54, 1.807) is 0 Å². The SMILES string of the molecule is C1CNCC(c2n[nH]c(C3CCCC3)n2)C1. The first-order valence-corrected chi connectivity index (χ1v) is 6.56. The number of nitrogens with one attached hydrogen (secondary N) is 2. The lowest BCUT2D eigenvalue weighted by Gasteiger charge is -2.19. The normalized spacial score (nSPS) is 27.4. The van der Waals surface area contributed by atoms with E-state index in [9.17, 15) is 0 Å². The molecule has 0 spiro atoms. The molecule has 1 aliphatic heterocycles. The molecule has 1 aliphatic carbocycles. The Labute approximate surface area is 96.2 Å². The number of hydrogen-bond acceptors (Lipinski definition) is 3. The smallest absolute Gasteiger partial charge is 0.155 e. The Kier molecular flexibility index (Phi) is 2.91. The fourth-order valence-corrected chi connectivity index (χ4v) is 2.92. The van der Waals surface area contributed by atoms with Crippen molar-refractivity contribution in [2.24, 2.45) is 0 Å². The molecule has 1 unspecified atom stereocenters. The number of aromatic nitrogens is 3. The summed E-state index contributed by atoms with van der Waals surface area (Å²) in [6.45, 7) is 2.19. The minimum absolute atomic E-state index is 0.528. The summed E-state index contributed by atoms with van der Waals surface area (Å²) in [5.41, 5.74) is 0. The maximum atomic E-state index is 4.71. The number of rotatable bonds is 2. The highest BCUT2D eigenvalue weighted by Crippen LogP contribution is 2.32. The van der Waals surface area contributed by atoms with Crippen molar-refractivity contribution in [3.05, 3.63) is 11.6 Å². The van der Waals surface area contributed by atoms with Gasteiger partial charge in [0, 0.05) is 18.4 Å². The van der Waals surface area contributed by atoms with Gasteiger partial charge in [0.2, 0.25) is 0 Å². The zero-order chi connectivity index (χ0) is 10.8. The molecule has 1 atom stereocenters. The predicted octanol–water partition coefficient (Wildman–Crippen LogP) is 1.93. The first kappa shape index (κ1) is 10.3. The number of nitrogens with zero attached hydrogens (tertiary/aromatic N) is 2. The van der Waals surface area contributed by atoms with Crippen molar-refractivity contribution in [2.45, 2.75) is 50.4 Å². The molecular weight excluding hydrogens is 200 g/mol. The van der Waals surface area contributed by atoms with Gasteiger partial charge in [-0.15, -0.1) is 0 Å². The summed E-state index contributed by atoms with van der Waals surface area (Å²) in [4.78, 5) is 4.71. The highest BCUT2D eigenvalue weighted by Gasteiger charge is 2.24. The fraction of sp³-hybridized carbons (Fsp3) is 0.833. The molecule has 0 aromatic carbocycles. The third kappa shape index (κ3) is 1.98. The Bertz CT molecular complexity index is 335. The molecule has 1 saturated heterocycles. The molecule has 1 aromatic rings. The van der Waals surface area contributed by atoms with Crippen LogP contribution in [0.25, 0.3) is 0 Å². The van der Waals surface area contributed by atoms with Crippen LogP contribution in [0, 0.1) is 0 Å². The molecule has 2 heterocycles. The van der Waals surface area contributed by atoms with Gasteiger partial charge in [0.1, 0.15) is 5.82 Å². The molecule has 2 N–H and O–H groups in total. The molecule has 1 aromatic heterocycles. The molecule has 0 bridgehead atoms. The average Bonchev–Trinajstić information content (AvgIpc) is 3.01. The Morgan fingerprint density at radius 3 is 2.56 bits per heavy atom. The molecule has 0 amide bonds. The van der Waals surface area contributed by atoms with Gasteiger partial charge < -0.3 is 5.32 Å². The lowest BCUT2D eigenvalue weighted by Crippen LogP contribution is -2.28. The third-order valence-electron chi connectivity index (χ3n) is 3.92. The van der Waals surface area contributed by atoms with Crippen molar-refractivity contribution < 1.29 is 0 Å². The van der Waals surface area contributed by atoms with E-state index >= 15 is 0 Å². The van der Waals surface area contributed by atoms with Gasteiger partial charge in [0.15, 0.2) is 5.82 Å². The molecular formula is C12H20N4. The predicted molar refractivity (Wildman–Crippen MR) is 62.4 cm³/mol. The Morgan fingerprint density at radius 1 is 1.00 bits per heavy atom. The minimum atomic E-state index is 0.528. The maximum absolute atomic E-state index is 4.71. The maximum Gasteiger partial charge on any atom is 0.155 e. The van der Waals surface area contributed by atoms with Gasteiger partial charge in [-0.2, -0.15) is 5.10 Å². The molecule has 4 nitrogen and oxygen atoms in total. The van der Waals surface area contributed by atoms with Crippen molar-refractivity contribution in [2.75, 3.05) is 13.1 Å². The summed E-state index contributed by atoms with van der Waals surface area (Å²) in [7, 11) is 0. The highest BCUT2D eigenvalue weighted by atomic mass is 15.2. The summed E-state index contributed by atoms with van der Waals surface area (Å²) in [6, 6.07) is 0. The highest BCUT2D eigenvalue weighted by molar-refractivity contribution is 5.04. The van der Waals surface area contributed by atoms with Crippen molar-refractivity contribution in [3.8, 4) is 0 Å². The van der Waals surface area contributed by atoms with Crippen LogP contribution in [0.1, 0.15) is 62.0 Å². The Hall–Kier alpha value is -0.900. The van der Waals surface area contributed by atoms with E-state index in [-0.39, 0.29) is 0 Å². The van der Waals surface area contributed by atoms with Gasteiger partial charge in [-0.05, 0) is 32.2 Å². The van der Waals surface area contributed by atoms with E-state index in [1.165, 1.54) is 38.5 Å². The van der Waals surface area contributed by atoms with Crippen molar-refractivity contribution in [3.63, 3.8) is 0 Å². The summed E-state index contributed by atoms with van der Waals surface area (Å²) in [6.07, 6.45) is 7.76. The van der Waals surface area contributed by atoms with E-state index < -0.39 is 0 Å². The standard InChI is InChI=1S/C12H20N4/c1-2-5-9(4-1)11-14-12(16-15-11)10-6-3-7-13-8-10/h9-10,13H,1-8H2,(H,14,15,16). The second-order valence-corrected chi connectivity index (χ2v) is 5.10. The summed E-state index contributed by atoms with van der Waals surface area (Å²) < 4.78 is 0. The lowest BCUT2D eigenvalue weighted by molar-refractivity contribution is 0.447. The van der Waals surface area contributed by atoms with Crippen LogP contribution in [0.3, 0.4) is 0 Å². The number of hydrogen-bond donors (Lipinski definition) is 2. The molecule has 0 radical (unpaired) electrons. The molecule has 3 rings (SSSR count). The monoisotopic (exact) mass is 220 g/mol. The Balaban J connectivity index is 1.71. The summed E-state index contributed by atoms with van der Waals surface area (Å²) >= 11 is 0. The third-order valence-corrected chi connectivity index (χ3v) is 3.92. The molecule has 88 valence electrons. The van der Waals surface area contributed by atoms with Crippen molar-refractivity contribution in [1.29, 1.82) is 0 Å². The molecule has 16 heavy (non-hydrogen) atoms. The van der Waals surface area contributed by atoms with Gasteiger partial charge in [0.25, 0.3) is 0 Å². The van der Waals surface area contributed by atoms with E-state index in [0.29, 0.717) is 11.8 Å². The van der Waals surface area contributed by atoms with Crippen LogP contribution in [-0.2, 0) is 0 Å². The van der Waals surface area contributed by atoms with Gasteiger partial charge in [0.05, 0.1) is 0 Å². The van der Waals surface area contributed by atoms with Crippen LogP contribution in [0.5, 0.6) is 0 Å². The first-order chi connectivity index (χ1) is 7.93. The van der Waals surface area contributed by atoms with Gasteiger partial charge >= 0.3 is 0 Å². The second kappa shape index (κ2) is 4.53. The number of piperidine rings is 1. The second-order valence-electron chi connectivity index (χ2n) is 5.10. The zero-order valence-corrected chi connectivity index (χ0v) is 9.71. The number of H-pyrrole nitrogens is 1. The van der Waals surface area contributed by atoms with Crippen LogP contribution >= 0.6 is 0 Å². The van der Waals surface area contributed by atoms with Gasteiger partial charge in [-0.25, -0.2) is 4.98 Å². The van der Waals surface area contributed by atoms with E-state index in [1.807, 2.05) is 0 Å². The van der Waals surface area contributed by atoms with Crippen LogP contribution in [-0.4, -0.2) is 28.3 Å². The molecule has 1 saturated carbocycles. The zero-order valence-electron chi connectivity index (χ0n) is 9.71. The fourth-order valence-electron chi connectivity index (χ4n) is 2.92. The largest absolute Gasteiger partial charge is 0.316 e. The molecule has 2 fully saturated rings. The summed E-state index contributed by atoms with van der Waals surface area (Å²) in [5, 5.41) is 11.0. The quantitative estimate of drug-likeness (QED) is 0.800. The van der Waals surface area contributed by atoms with Crippen LogP contribution in [0.4, 0.5) is 0 Å². The van der Waals surface area contributed by atoms with Crippen LogP contribution < -0.4 is 5.32 Å². The van der Waals surface area contributed by atoms with Crippen molar-refractivity contribution in [1.82, 2.24) is 20.5 Å². The van der Waals surface area contributed by atoms with Gasteiger partial charge in [-0.3, -0.25) is 5.10 Å². The van der Waals surface area contributed by atoms with Gasteiger partial charge in [-0.1, -0.05) is 12.8 Å². The molecule has 4 heteroatoms. The topological polar surface area (TPSA) is 53.6 Å². The van der Waals surface area contributed by atoms with Crippen LogP contribution in [0.15, 0.2) is 0 Å². The average molecular weight is 220 g/mol.